The Morgan fingerprint density at radius 1 is 1.44 bits per heavy atom. The molecule has 1 amide bonds. The number of carbonyl (C=O) groups excluding carboxylic acids is 1. The van der Waals surface area contributed by atoms with Crippen molar-refractivity contribution < 1.29 is 4.79 Å². The third-order valence-electron chi connectivity index (χ3n) is 3.57. The average Bonchev–Trinajstić information content (AvgIpc) is 2.43. The monoisotopic (exact) mass is 246 g/mol. The lowest BCUT2D eigenvalue weighted by Crippen LogP contribution is -2.35. The van der Waals surface area contributed by atoms with Gasteiger partial charge in [0.05, 0.1) is 0 Å². The molecule has 1 N–H and O–H groups in total. The molecule has 18 heavy (non-hydrogen) atoms. The summed E-state index contributed by atoms with van der Waals surface area (Å²) < 4.78 is 0. The van der Waals surface area contributed by atoms with Crippen molar-refractivity contribution in [3.05, 3.63) is 23.8 Å². The fraction of sp³-hybridized carbons (Fsp3) is 0.533. The molecule has 0 unspecified atom stereocenters. The van der Waals surface area contributed by atoms with E-state index in [-0.39, 0.29) is 5.91 Å². The van der Waals surface area contributed by atoms with Gasteiger partial charge in [0.15, 0.2) is 0 Å². The van der Waals surface area contributed by atoms with Crippen LogP contribution >= 0.6 is 0 Å². The van der Waals surface area contributed by atoms with E-state index in [1.807, 2.05) is 18.0 Å². The number of anilines is 2. The van der Waals surface area contributed by atoms with Crippen molar-refractivity contribution in [1.82, 2.24) is 0 Å². The molecule has 1 heterocycles. The van der Waals surface area contributed by atoms with Crippen LogP contribution in [-0.4, -0.2) is 19.5 Å². The summed E-state index contributed by atoms with van der Waals surface area (Å²) in [6.07, 6.45) is 4.84. The fourth-order valence-electron chi connectivity index (χ4n) is 2.58. The van der Waals surface area contributed by atoms with Gasteiger partial charge in [-0.1, -0.05) is 19.4 Å². The highest BCUT2D eigenvalue weighted by Crippen LogP contribution is 2.33. The van der Waals surface area contributed by atoms with E-state index in [0.717, 1.165) is 43.6 Å². The number of hydrogen-bond donors (Lipinski definition) is 1. The van der Waals surface area contributed by atoms with Gasteiger partial charge in [0.1, 0.15) is 0 Å². The summed E-state index contributed by atoms with van der Waals surface area (Å²) >= 11 is 0. The van der Waals surface area contributed by atoms with Gasteiger partial charge in [-0.05, 0) is 37.0 Å². The normalized spacial score (nSPS) is 14.2. The molecule has 0 saturated heterocycles. The van der Waals surface area contributed by atoms with Crippen LogP contribution in [0.15, 0.2) is 18.2 Å². The summed E-state index contributed by atoms with van der Waals surface area (Å²) in [4.78, 5) is 14.2. The molecule has 3 heteroatoms. The number of benzene rings is 1. The number of nitrogens with one attached hydrogen (secondary N) is 1. The number of rotatable bonds is 4. The molecule has 3 nitrogen and oxygen atoms in total. The van der Waals surface area contributed by atoms with Gasteiger partial charge in [0, 0.05) is 31.4 Å². The van der Waals surface area contributed by atoms with E-state index in [0.29, 0.717) is 6.42 Å². The highest BCUT2D eigenvalue weighted by molar-refractivity contribution is 5.95. The van der Waals surface area contributed by atoms with E-state index >= 15 is 0 Å². The minimum Gasteiger partial charge on any atom is -0.388 e. The molecular formula is C15H22N2O. The lowest BCUT2D eigenvalue weighted by Gasteiger charge is -2.31. The fourth-order valence-corrected chi connectivity index (χ4v) is 2.58. The minimum atomic E-state index is 0.269. The highest BCUT2D eigenvalue weighted by Gasteiger charge is 2.23. The second kappa shape index (κ2) is 5.89. The lowest BCUT2D eigenvalue weighted by atomic mass is 9.99. The number of unbranched alkanes of at least 4 members (excludes halogenated alkanes) is 1. The largest absolute Gasteiger partial charge is 0.388 e. The number of carbonyl (C=O) groups is 1. The quantitative estimate of drug-likeness (QED) is 0.884. The van der Waals surface area contributed by atoms with Gasteiger partial charge in [0.2, 0.25) is 5.91 Å². The maximum Gasteiger partial charge on any atom is 0.226 e. The zero-order valence-electron chi connectivity index (χ0n) is 11.3. The number of hydrogen-bond acceptors (Lipinski definition) is 2. The van der Waals surface area contributed by atoms with E-state index < -0.39 is 0 Å². The SMILES string of the molecule is CCCCC(=O)N1CCCc2c(NC)cccc21. The van der Waals surface area contributed by atoms with E-state index in [1.165, 1.54) is 5.56 Å². The van der Waals surface area contributed by atoms with Gasteiger partial charge in [0.25, 0.3) is 0 Å². The lowest BCUT2D eigenvalue weighted by molar-refractivity contribution is -0.118. The molecule has 1 aromatic carbocycles. The van der Waals surface area contributed by atoms with Gasteiger partial charge < -0.3 is 10.2 Å². The Hall–Kier alpha value is -1.51. The highest BCUT2D eigenvalue weighted by atomic mass is 16.2. The summed E-state index contributed by atoms with van der Waals surface area (Å²) in [5, 5.41) is 3.22. The van der Waals surface area contributed by atoms with Crippen molar-refractivity contribution in [3.63, 3.8) is 0 Å². The topological polar surface area (TPSA) is 32.3 Å². The molecule has 0 aliphatic carbocycles. The predicted octanol–water partition coefficient (Wildman–Crippen LogP) is 3.20. The Morgan fingerprint density at radius 3 is 3.00 bits per heavy atom. The van der Waals surface area contributed by atoms with Crippen molar-refractivity contribution in [3.8, 4) is 0 Å². The molecule has 1 aliphatic heterocycles. The van der Waals surface area contributed by atoms with E-state index in [1.54, 1.807) is 0 Å². The summed E-state index contributed by atoms with van der Waals surface area (Å²) in [6.45, 7) is 2.99. The molecule has 0 aromatic heterocycles. The molecule has 1 aromatic rings. The molecule has 2 rings (SSSR count). The van der Waals surface area contributed by atoms with E-state index in [9.17, 15) is 4.79 Å². The predicted molar refractivity (Wildman–Crippen MR) is 76.2 cm³/mol. The number of nitrogens with zero attached hydrogens (tertiary/aromatic N) is 1. The van der Waals surface area contributed by atoms with Crippen molar-refractivity contribution in [2.24, 2.45) is 0 Å². The zero-order valence-corrected chi connectivity index (χ0v) is 11.3. The average molecular weight is 246 g/mol. The Bertz CT molecular complexity index is 429. The third kappa shape index (κ3) is 2.50. The molecule has 0 bridgehead atoms. The van der Waals surface area contributed by atoms with Crippen LogP contribution in [0.5, 0.6) is 0 Å². The Morgan fingerprint density at radius 2 is 2.28 bits per heavy atom. The second-order valence-corrected chi connectivity index (χ2v) is 4.81. The molecular weight excluding hydrogens is 224 g/mol. The standard InChI is InChI=1S/C15H22N2O/c1-3-4-10-15(18)17-11-6-7-12-13(16-2)8-5-9-14(12)17/h5,8-9,16H,3-4,6-7,10-11H2,1-2H3. The molecule has 0 saturated carbocycles. The van der Waals surface area contributed by atoms with Gasteiger partial charge in [-0.2, -0.15) is 0 Å². The molecule has 0 radical (unpaired) electrons. The smallest absolute Gasteiger partial charge is 0.226 e. The third-order valence-corrected chi connectivity index (χ3v) is 3.57. The van der Waals surface area contributed by atoms with Crippen LogP contribution < -0.4 is 10.2 Å². The van der Waals surface area contributed by atoms with Gasteiger partial charge in [-0.3, -0.25) is 4.79 Å². The van der Waals surface area contributed by atoms with Crippen LogP contribution in [0, 0.1) is 0 Å². The first-order chi connectivity index (χ1) is 8.77. The van der Waals surface area contributed by atoms with Crippen LogP contribution in [0.1, 0.15) is 38.2 Å². The Kier molecular flexibility index (Phi) is 4.24. The number of amides is 1. The first-order valence-electron chi connectivity index (χ1n) is 6.88. The summed E-state index contributed by atoms with van der Waals surface area (Å²) in [6, 6.07) is 6.17. The zero-order chi connectivity index (χ0) is 13.0. The van der Waals surface area contributed by atoms with Crippen molar-refractivity contribution >= 4 is 17.3 Å². The number of fused-ring (bicyclic) bond motifs is 1. The van der Waals surface area contributed by atoms with E-state index in [4.69, 9.17) is 0 Å². The first kappa shape index (κ1) is 12.9. The molecule has 98 valence electrons. The van der Waals surface area contributed by atoms with Crippen LogP contribution in [-0.2, 0) is 11.2 Å². The second-order valence-electron chi connectivity index (χ2n) is 4.81. The summed E-state index contributed by atoms with van der Waals surface area (Å²) in [5.41, 5.74) is 3.55. The molecule has 0 fully saturated rings. The van der Waals surface area contributed by atoms with Gasteiger partial charge >= 0.3 is 0 Å². The Labute approximate surface area is 109 Å². The van der Waals surface area contributed by atoms with E-state index in [2.05, 4.69) is 24.4 Å². The van der Waals surface area contributed by atoms with Crippen molar-refractivity contribution in [1.29, 1.82) is 0 Å². The molecule has 0 atom stereocenters. The van der Waals surface area contributed by atoms with Gasteiger partial charge in [-0.15, -0.1) is 0 Å². The van der Waals surface area contributed by atoms with Crippen molar-refractivity contribution in [2.75, 3.05) is 23.8 Å². The van der Waals surface area contributed by atoms with Crippen LogP contribution in [0.4, 0.5) is 11.4 Å². The summed E-state index contributed by atoms with van der Waals surface area (Å²) in [7, 11) is 1.94. The van der Waals surface area contributed by atoms with Crippen LogP contribution in [0.3, 0.4) is 0 Å². The van der Waals surface area contributed by atoms with Crippen LogP contribution in [0.25, 0.3) is 0 Å². The molecule has 1 aliphatic rings. The van der Waals surface area contributed by atoms with Gasteiger partial charge in [-0.25, -0.2) is 0 Å². The van der Waals surface area contributed by atoms with Crippen LogP contribution in [0.2, 0.25) is 0 Å². The maximum absolute atomic E-state index is 12.2. The summed E-state index contributed by atoms with van der Waals surface area (Å²) in [5.74, 6) is 0.269. The Balaban J connectivity index is 2.25. The minimum absolute atomic E-state index is 0.269. The maximum atomic E-state index is 12.2. The first-order valence-corrected chi connectivity index (χ1v) is 6.88. The van der Waals surface area contributed by atoms with Crippen molar-refractivity contribution in [2.45, 2.75) is 39.0 Å². The molecule has 0 spiro atoms.